The van der Waals surface area contributed by atoms with E-state index in [1.807, 2.05) is 6.07 Å². The molecule has 0 aromatic carbocycles. The van der Waals surface area contributed by atoms with Crippen LogP contribution in [0, 0.1) is 0 Å². The summed E-state index contributed by atoms with van der Waals surface area (Å²) < 4.78 is 26.1. The summed E-state index contributed by atoms with van der Waals surface area (Å²) in [6.45, 7) is 2.06. The summed E-state index contributed by atoms with van der Waals surface area (Å²) in [5, 5.41) is 6.33. The third kappa shape index (κ3) is 2.69. The fourth-order valence-electron chi connectivity index (χ4n) is 2.30. The van der Waals surface area contributed by atoms with E-state index in [1.165, 1.54) is 16.6 Å². The molecule has 3 N–H and O–H groups in total. The van der Waals surface area contributed by atoms with E-state index in [0.29, 0.717) is 32.0 Å². The van der Waals surface area contributed by atoms with Crippen molar-refractivity contribution in [1.82, 2.24) is 19.5 Å². The topological polar surface area (TPSA) is 108 Å². The highest BCUT2D eigenvalue weighted by Crippen LogP contribution is 2.19. The van der Waals surface area contributed by atoms with Gasteiger partial charge in [-0.1, -0.05) is 0 Å². The number of nitrogens with zero attached hydrogens (tertiary/aromatic N) is 4. The molecule has 1 aliphatic rings. The normalized spacial score (nSPS) is 17.0. The summed E-state index contributed by atoms with van der Waals surface area (Å²) in [6.07, 6.45) is 3.14. The number of pyridine rings is 1. The quantitative estimate of drug-likeness (QED) is 0.819. The molecule has 0 atom stereocenters. The lowest BCUT2D eigenvalue weighted by atomic mass is 10.3. The molecule has 0 aliphatic carbocycles. The Morgan fingerprint density at radius 2 is 1.90 bits per heavy atom. The molecule has 0 spiro atoms. The minimum absolute atomic E-state index is 0.130. The first kappa shape index (κ1) is 13.8. The molecule has 1 aliphatic heterocycles. The third-order valence-electron chi connectivity index (χ3n) is 3.47. The zero-order valence-electron chi connectivity index (χ0n) is 11.3. The molecule has 8 nitrogen and oxygen atoms in total. The Morgan fingerprint density at radius 1 is 1.14 bits per heavy atom. The van der Waals surface area contributed by atoms with Crippen LogP contribution >= 0.6 is 0 Å². The molecular weight excluding hydrogens is 292 g/mol. The molecule has 1 saturated heterocycles. The van der Waals surface area contributed by atoms with Crippen molar-refractivity contribution in [2.45, 2.75) is 5.03 Å². The molecule has 0 unspecified atom stereocenters. The molecule has 1 fully saturated rings. The largest absolute Gasteiger partial charge is 0.384 e. The van der Waals surface area contributed by atoms with Crippen molar-refractivity contribution in [3.05, 3.63) is 30.6 Å². The van der Waals surface area contributed by atoms with Gasteiger partial charge in [-0.25, -0.2) is 13.4 Å². The second-order valence-electron chi connectivity index (χ2n) is 4.75. The SMILES string of the molecule is Nc1ccc(N2CCN(S(=O)(=O)c3ccn[nH]3)CC2)cn1. The number of anilines is 2. The van der Waals surface area contributed by atoms with Crippen LogP contribution in [0.2, 0.25) is 0 Å². The lowest BCUT2D eigenvalue weighted by Gasteiger charge is -2.34. The smallest absolute Gasteiger partial charge is 0.260 e. The molecule has 21 heavy (non-hydrogen) atoms. The predicted molar refractivity (Wildman–Crippen MR) is 78.2 cm³/mol. The van der Waals surface area contributed by atoms with Crippen LogP contribution in [0.15, 0.2) is 35.6 Å². The minimum Gasteiger partial charge on any atom is -0.384 e. The van der Waals surface area contributed by atoms with E-state index in [-0.39, 0.29) is 5.03 Å². The van der Waals surface area contributed by atoms with Gasteiger partial charge < -0.3 is 10.6 Å². The van der Waals surface area contributed by atoms with Gasteiger partial charge in [0.1, 0.15) is 5.82 Å². The first-order valence-electron chi connectivity index (χ1n) is 6.53. The number of piperazine rings is 1. The Balaban J connectivity index is 1.69. The molecule has 2 aromatic rings. The standard InChI is InChI=1S/C12H16N6O2S/c13-11-2-1-10(9-14-11)17-5-7-18(8-6-17)21(19,20)12-3-4-15-16-12/h1-4,9H,5-8H2,(H2,13,14)(H,15,16). The molecule has 0 amide bonds. The second-order valence-corrected chi connectivity index (χ2v) is 6.66. The van der Waals surface area contributed by atoms with Gasteiger partial charge in [-0.15, -0.1) is 0 Å². The summed E-state index contributed by atoms with van der Waals surface area (Å²) in [7, 11) is -3.48. The maximum atomic E-state index is 12.3. The van der Waals surface area contributed by atoms with E-state index in [4.69, 9.17) is 5.73 Å². The van der Waals surface area contributed by atoms with E-state index in [0.717, 1.165) is 5.69 Å². The van der Waals surface area contributed by atoms with Crippen LogP contribution in [0.3, 0.4) is 0 Å². The highest BCUT2D eigenvalue weighted by Gasteiger charge is 2.29. The summed E-state index contributed by atoms with van der Waals surface area (Å²) in [4.78, 5) is 6.14. The van der Waals surface area contributed by atoms with Crippen molar-refractivity contribution >= 4 is 21.5 Å². The van der Waals surface area contributed by atoms with Gasteiger partial charge in [0.15, 0.2) is 5.03 Å². The van der Waals surface area contributed by atoms with Gasteiger partial charge in [-0.3, -0.25) is 5.10 Å². The molecule has 2 aromatic heterocycles. The Hall–Kier alpha value is -2.13. The summed E-state index contributed by atoms with van der Waals surface area (Å²) in [5.41, 5.74) is 6.51. The number of hydrogen-bond donors (Lipinski definition) is 2. The average molecular weight is 308 g/mol. The van der Waals surface area contributed by atoms with Gasteiger partial charge in [0.25, 0.3) is 10.0 Å². The second kappa shape index (κ2) is 5.34. The van der Waals surface area contributed by atoms with Gasteiger partial charge in [0.2, 0.25) is 0 Å². The maximum Gasteiger partial charge on any atom is 0.260 e. The molecule has 3 rings (SSSR count). The Bertz CT molecular complexity index is 690. The monoisotopic (exact) mass is 308 g/mol. The van der Waals surface area contributed by atoms with Crippen LogP contribution in [-0.2, 0) is 10.0 Å². The first-order chi connectivity index (χ1) is 10.1. The van der Waals surface area contributed by atoms with E-state index < -0.39 is 10.0 Å². The van der Waals surface area contributed by atoms with Crippen molar-refractivity contribution in [1.29, 1.82) is 0 Å². The maximum absolute atomic E-state index is 12.3. The van der Waals surface area contributed by atoms with Crippen molar-refractivity contribution < 1.29 is 8.42 Å². The van der Waals surface area contributed by atoms with E-state index >= 15 is 0 Å². The van der Waals surface area contributed by atoms with E-state index in [2.05, 4.69) is 20.1 Å². The van der Waals surface area contributed by atoms with Crippen LogP contribution in [0.25, 0.3) is 0 Å². The summed E-state index contributed by atoms with van der Waals surface area (Å²) in [6, 6.07) is 5.09. The third-order valence-corrected chi connectivity index (χ3v) is 5.30. The van der Waals surface area contributed by atoms with Crippen molar-refractivity contribution in [2.75, 3.05) is 36.8 Å². The number of sulfonamides is 1. The van der Waals surface area contributed by atoms with E-state index in [1.54, 1.807) is 12.3 Å². The van der Waals surface area contributed by atoms with Crippen LogP contribution in [0.4, 0.5) is 11.5 Å². The number of rotatable bonds is 3. The van der Waals surface area contributed by atoms with Crippen molar-refractivity contribution in [2.24, 2.45) is 0 Å². The number of nitrogens with two attached hydrogens (primary N) is 1. The van der Waals surface area contributed by atoms with Crippen LogP contribution < -0.4 is 10.6 Å². The zero-order chi connectivity index (χ0) is 14.9. The summed E-state index contributed by atoms with van der Waals surface area (Å²) in [5.74, 6) is 0.471. The number of H-pyrrole nitrogens is 1. The predicted octanol–water partition coefficient (Wildman–Crippen LogP) is -0.102. The molecule has 112 valence electrons. The minimum atomic E-state index is -3.48. The highest BCUT2D eigenvalue weighted by molar-refractivity contribution is 7.89. The Labute approximate surface area is 122 Å². The fraction of sp³-hybridized carbons (Fsp3) is 0.333. The van der Waals surface area contributed by atoms with Gasteiger partial charge in [-0.2, -0.15) is 9.40 Å². The van der Waals surface area contributed by atoms with Crippen LogP contribution in [-0.4, -0.2) is 54.1 Å². The molecule has 0 radical (unpaired) electrons. The van der Waals surface area contributed by atoms with Crippen LogP contribution in [0.1, 0.15) is 0 Å². The molecular formula is C12H16N6O2S. The molecule has 9 heteroatoms. The number of nitrogen functional groups attached to an aromatic ring is 1. The number of aromatic amines is 1. The Morgan fingerprint density at radius 3 is 2.48 bits per heavy atom. The number of nitrogens with one attached hydrogen (secondary N) is 1. The summed E-state index contributed by atoms with van der Waals surface area (Å²) >= 11 is 0. The Kier molecular flexibility index (Phi) is 3.52. The highest BCUT2D eigenvalue weighted by atomic mass is 32.2. The van der Waals surface area contributed by atoms with Crippen LogP contribution in [0.5, 0.6) is 0 Å². The van der Waals surface area contributed by atoms with Crippen molar-refractivity contribution in [3.63, 3.8) is 0 Å². The van der Waals surface area contributed by atoms with Gasteiger partial charge in [0, 0.05) is 26.2 Å². The number of aromatic nitrogens is 3. The fourth-order valence-corrected chi connectivity index (χ4v) is 3.62. The molecule has 0 bridgehead atoms. The average Bonchev–Trinajstić information content (AvgIpc) is 3.03. The molecule has 0 saturated carbocycles. The number of hydrogen-bond acceptors (Lipinski definition) is 6. The zero-order valence-corrected chi connectivity index (χ0v) is 12.1. The van der Waals surface area contributed by atoms with Gasteiger partial charge in [0.05, 0.1) is 18.1 Å². The van der Waals surface area contributed by atoms with Crippen molar-refractivity contribution in [3.8, 4) is 0 Å². The first-order valence-corrected chi connectivity index (χ1v) is 7.97. The van der Waals surface area contributed by atoms with Gasteiger partial charge >= 0.3 is 0 Å². The molecule has 3 heterocycles. The van der Waals surface area contributed by atoms with E-state index in [9.17, 15) is 8.42 Å². The van der Waals surface area contributed by atoms with Gasteiger partial charge in [-0.05, 0) is 18.2 Å². The lowest BCUT2D eigenvalue weighted by molar-refractivity contribution is 0.383. The lowest BCUT2D eigenvalue weighted by Crippen LogP contribution is -2.48.